The van der Waals surface area contributed by atoms with Crippen LogP contribution in [0, 0.1) is 0 Å². The molecule has 1 N–H and O–H groups in total. The summed E-state index contributed by atoms with van der Waals surface area (Å²) < 4.78 is 39.3. The quantitative estimate of drug-likeness (QED) is 0.880. The van der Waals surface area contributed by atoms with Gasteiger partial charge in [0, 0.05) is 0 Å². The number of alkyl halides is 2. The average molecular weight is 246 g/mol. The molecule has 0 spiro atoms. The Bertz CT molecular complexity index is 378. The fourth-order valence-corrected chi connectivity index (χ4v) is 1.62. The molecule has 0 unspecified atom stereocenters. The van der Waals surface area contributed by atoms with E-state index in [1.807, 2.05) is 0 Å². The summed E-state index contributed by atoms with van der Waals surface area (Å²) in [7, 11) is 0. The molecule has 0 amide bonds. The van der Waals surface area contributed by atoms with Gasteiger partial charge in [-0.05, 0) is 17.7 Å². The van der Waals surface area contributed by atoms with Gasteiger partial charge >= 0.3 is 6.61 Å². The molecule has 0 atom stereocenters. The van der Waals surface area contributed by atoms with E-state index in [2.05, 4.69) is 4.74 Å². The normalized spacial score (nSPS) is 16.7. The highest BCUT2D eigenvalue weighted by Gasteiger charge is 2.23. The number of hydrogen-bond acceptors (Lipinski definition) is 4. The van der Waals surface area contributed by atoms with Crippen LogP contribution in [0.4, 0.5) is 8.78 Å². The zero-order chi connectivity index (χ0) is 12.3. The molecular formula is C11H12F2O4. The summed E-state index contributed by atoms with van der Waals surface area (Å²) in [5.74, 6) is 0.00380. The summed E-state index contributed by atoms with van der Waals surface area (Å²) in [6, 6.07) is 4.42. The third kappa shape index (κ3) is 2.91. The lowest BCUT2D eigenvalue weighted by Crippen LogP contribution is -2.08. The molecule has 1 aliphatic heterocycles. The van der Waals surface area contributed by atoms with E-state index in [0.29, 0.717) is 24.3 Å². The van der Waals surface area contributed by atoms with Gasteiger partial charge in [0.25, 0.3) is 0 Å². The Morgan fingerprint density at radius 2 is 2.06 bits per heavy atom. The van der Waals surface area contributed by atoms with Crippen LogP contribution in [0.3, 0.4) is 0 Å². The molecule has 0 aliphatic carbocycles. The number of hydrogen-bond donors (Lipinski definition) is 1. The van der Waals surface area contributed by atoms with Gasteiger partial charge in [0.1, 0.15) is 5.75 Å². The number of benzene rings is 1. The zero-order valence-corrected chi connectivity index (χ0v) is 8.94. The van der Waals surface area contributed by atoms with Gasteiger partial charge in [0.2, 0.25) is 0 Å². The number of aliphatic hydroxyl groups is 1. The van der Waals surface area contributed by atoms with Crippen LogP contribution in [-0.2, 0) is 16.1 Å². The molecule has 1 aromatic rings. The maximum atomic E-state index is 12.2. The van der Waals surface area contributed by atoms with Crippen molar-refractivity contribution < 1.29 is 28.1 Å². The average Bonchev–Trinajstić information content (AvgIpc) is 2.82. The van der Waals surface area contributed by atoms with E-state index in [-0.39, 0.29) is 12.4 Å². The summed E-state index contributed by atoms with van der Waals surface area (Å²) in [5, 5.41) is 9.01. The van der Waals surface area contributed by atoms with Crippen molar-refractivity contribution in [3.63, 3.8) is 0 Å². The van der Waals surface area contributed by atoms with Crippen LogP contribution in [0.2, 0.25) is 0 Å². The number of halogens is 2. The second kappa shape index (κ2) is 5.39. The first-order chi connectivity index (χ1) is 8.20. The SMILES string of the molecule is OCc1ccc(OC(F)F)c(C2OCCO2)c1. The standard InChI is InChI=1S/C11H12F2O4/c12-11(13)17-9-2-1-7(6-14)5-8(9)10-15-3-4-16-10/h1-2,5,10-11,14H,3-4,6H2. The van der Waals surface area contributed by atoms with Gasteiger partial charge in [0.15, 0.2) is 6.29 Å². The third-order valence-corrected chi connectivity index (χ3v) is 2.35. The maximum absolute atomic E-state index is 12.2. The third-order valence-electron chi connectivity index (χ3n) is 2.35. The van der Waals surface area contributed by atoms with Crippen LogP contribution >= 0.6 is 0 Å². The second-order valence-corrected chi connectivity index (χ2v) is 3.48. The molecule has 0 bridgehead atoms. The fourth-order valence-electron chi connectivity index (χ4n) is 1.62. The lowest BCUT2D eigenvalue weighted by atomic mass is 10.1. The van der Waals surface area contributed by atoms with Crippen LogP contribution in [-0.4, -0.2) is 24.9 Å². The van der Waals surface area contributed by atoms with Crippen LogP contribution < -0.4 is 4.74 Å². The number of ether oxygens (including phenoxy) is 3. The summed E-state index contributed by atoms with van der Waals surface area (Å²) in [6.07, 6.45) is -0.713. The Morgan fingerprint density at radius 1 is 1.35 bits per heavy atom. The Labute approximate surface area is 96.7 Å². The Balaban J connectivity index is 2.29. The smallest absolute Gasteiger partial charge is 0.387 e. The molecule has 1 saturated heterocycles. The molecule has 2 rings (SSSR count). The predicted molar refractivity (Wildman–Crippen MR) is 53.6 cm³/mol. The summed E-state index contributed by atoms with van der Waals surface area (Å²) in [5.41, 5.74) is 0.954. The van der Waals surface area contributed by atoms with E-state index in [0.717, 1.165) is 0 Å². The minimum absolute atomic E-state index is 0.00380. The van der Waals surface area contributed by atoms with Crippen LogP contribution in [0.5, 0.6) is 5.75 Å². The van der Waals surface area contributed by atoms with Gasteiger partial charge in [-0.1, -0.05) is 6.07 Å². The van der Waals surface area contributed by atoms with Crippen LogP contribution in [0.15, 0.2) is 18.2 Å². The number of aliphatic hydroxyl groups excluding tert-OH is 1. The van der Waals surface area contributed by atoms with E-state index in [9.17, 15) is 8.78 Å². The van der Waals surface area contributed by atoms with Gasteiger partial charge < -0.3 is 19.3 Å². The Kier molecular flexibility index (Phi) is 3.88. The minimum Gasteiger partial charge on any atom is -0.434 e. The van der Waals surface area contributed by atoms with Crippen molar-refractivity contribution in [1.82, 2.24) is 0 Å². The van der Waals surface area contributed by atoms with E-state index >= 15 is 0 Å². The Morgan fingerprint density at radius 3 is 2.65 bits per heavy atom. The van der Waals surface area contributed by atoms with E-state index in [4.69, 9.17) is 14.6 Å². The predicted octanol–water partition coefficient (Wildman–Crippen LogP) is 1.83. The van der Waals surface area contributed by atoms with Crippen molar-refractivity contribution in [3.05, 3.63) is 29.3 Å². The van der Waals surface area contributed by atoms with E-state index in [1.165, 1.54) is 18.2 Å². The first-order valence-corrected chi connectivity index (χ1v) is 5.12. The van der Waals surface area contributed by atoms with Crippen molar-refractivity contribution in [3.8, 4) is 5.75 Å². The molecule has 1 heterocycles. The lowest BCUT2D eigenvalue weighted by molar-refractivity contribution is -0.0659. The molecule has 1 aliphatic rings. The van der Waals surface area contributed by atoms with Gasteiger partial charge in [-0.3, -0.25) is 0 Å². The highest BCUT2D eigenvalue weighted by Crippen LogP contribution is 2.33. The Hall–Kier alpha value is -1.24. The summed E-state index contributed by atoms with van der Waals surface area (Å²) in [6.45, 7) is -2.28. The van der Waals surface area contributed by atoms with E-state index < -0.39 is 12.9 Å². The molecule has 94 valence electrons. The van der Waals surface area contributed by atoms with Crippen molar-refractivity contribution in [2.75, 3.05) is 13.2 Å². The lowest BCUT2D eigenvalue weighted by Gasteiger charge is -2.15. The molecule has 1 fully saturated rings. The van der Waals surface area contributed by atoms with Crippen molar-refractivity contribution in [2.45, 2.75) is 19.5 Å². The second-order valence-electron chi connectivity index (χ2n) is 3.48. The first kappa shape index (κ1) is 12.2. The van der Waals surface area contributed by atoms with Gasteiger partial charge in [-0.25, -0.2) is 0 Å². The largest absolute Gasteiger partial charge is 0.434 e. The molecule has 1 aromatic carbocycles. The van der Waals surface area contributed by atoms with Crippen LogP contribution in [0.1, 0.15) is 17.4 Å². The van der Waals surface area contributed by atoms with Gasteiger partial charge in [0.05, 0.1) is 25.4 Å². The van der Waals surface area contributed by atoms with Crippen molar-refractivity contribution in [2.24, 2.45) is 0 Å². The molecular weight excluding hydrogens is 234 g/mol. The zero-order valence-electron chi connectivity index (χ0n) is 8.94. The minimum atomic E-state index is -2.91. The topological polar surface area (TPSA) is 47.9 Å². The van der Waals surface area contributed by atoms with Crippen LogP contribution in [0.25, 0.3) is 0 Å². The molecule has 6 heteroatoms. The van der Waals surface area contributed by atoms with Crippen molar-refractivity contribution in [1.29, 1.82) is 0 Å². The van der Waals surface area contributed by atoms with E-state index in [1.54, 1.807) is 0 Å². The highest BCUT2D eigenvalue weighted by atomic mass is 19.3. The molecule has 0 aromatic heterocycles. The number of rotatable bonds is 4. The highest BCUT2D eigenvalue weighted by molar-refractivity contribution is 5.38. The first-order valence-electron chi connectivity index (χ1n) is 5.12. The monoisotopic (exact) mass is 246 g/mol. The summed E-state index contributed by atoms with van der Waals surface area (Å²) >= 11 is 0. The molecule has 0 radical (unpaired) electrons. The van der Waals surface area contributed by atoms with Crippen molar-refractivity contribution >= 4 is 0 Å². The maximum Gasteiger partial charge on any atom is 0.387 e. The molecule has 17 heavy (non-hydrogen) atoms. The molecule has 0 saturated carbocycles. The molecule has 4 nitrogen and oxygen atoms in total. The van der Waals surface area contributed by atoms with Gasteiger partial charge in [-0.15, -0.1) is 0 Å². The fraction of sp³-hybridized carbons (Fsp3) is 0.455. The summed E-state index contributed by atoms with van der Waals surface area (Å²) in [4.78, 5) is 0. The van der Waals surface area contributed by atoms with Gasteiger partial charge in [-0.2, -0.15) is 8.78 Å².